The van der Waals surface area contributed by atoms with E-state index in [0.717, 1.165) is 43.1 Å². The molecule has 128 valence electrons. The number of nitrogens with zero attached hydrogens (tertiary/aromatic N) is 3. The van der Waals surface area contributed by atoms with Gasteiger partial charge in [0.2, 0.25) is 0 Å². The average molecular weight is 334 g/mol. The lowest BCUT2D eigenvalue weighted by Crippen LogP contribution is -2.25. The summed E-state index contributed by atoms with van der Waals surface area (Å²) >= 11 is 0. The van der Waals surface area contributed by atoms with Gasteiger partial charge in [0.25, 0.3) is 0 Å². The van der Waals surface area contributed by atoms with Crippen LogP contribution in [0.15, 0.2) is 61.1 Å². The molecule has 0 spiro atoms. The molecule has 1 N–H and O–H groups in total. The zero-order valence-corrected chi connectivity index (χ0v) is 14.1. The number of pyridine rings is 1. The van der Waals surface area contributed by atoms with Crippen molar-refractivity contribution in [2.24, 2.45) is 0 Å². The third kappa shape index (κ3) is 3.78. The van der Waals surface area contributed by atoms with Crippen molar-refractivity contribution in [3.63, 3.8) is 0 Å². The molecule has 1 saturated heterocycles. The zero-order valence-electron chi connectivity index (χ0n) is 14.1. The summed E-state index contributed by atoms with van der Waals surface area (Å²) in [5.74, 6) is 0. The van der Waals surface area contributed by atoms with Crippen LogP contribution in [0.3, 0.4) is 0 Å². The van der Waals surface area contributed by atoms with Crippen molar-refractivity contribution >= 4 is 0 Å². The predicted octanol–water partition coefficient (Wildman–Crippen LogP) is 3.20. The van der Waals surface area contributed by atoms with E-state index in [1.807, 2.05) is 35.0 Å². The summed E-state index contributed by atoms with van der Waals surface area (Å²) in [4.78, 5) is 4.11. The monoisotopic (exact) mass is 334 g/mol. The van der Waals surface area contributed by atoms with Gasteiger partial charge >= 0.3 is 0 Å². The fraction of sp³-hybridized carbons (Fsp3) is 0.300. The molecule has 0 amide bonds. The third-order valence-electron chi connectivity index (χ3n) is 4.48. The number of rotatable bonds is 6. The summed E-state index contributed by atoms with van der Waals surface area (Å²) < 4.78 is 7.63. The molecule has 0 saturated carbocycles. The lowest BCUT2D eigenvalue weighted by Gasteiger charge is -2.10. The summed E-state index contributed by atoms with van der Waals surface area (Å²) in [6.45, 7) is 2.54. The van der Waals surface area contributed by atoms with Gasteiger partial charge in [0.05, 0.1) is 17.5 Å². The molecule has 1 aliphatic rings. The van der Waals surface area contributed by atoms with E-state index < -0.39 is 0 Å². The van der Waals surface area contributed by atoms with Gasteiger partial charge < -0.3 is 10.1 Å². The van der Waals surface area contributed by atoms with Crippen LogP contribution in [0, 0.1) is 0 Å². The molecule has 0 bridgehead atoms. The van der Waals surface area contributed by atoms with E-state index in [2.05, 4.69) is 28.6 Å². The first-order valence-corrected chi connectivity index (χ1v) is 8.77. The normalized spacial score (nSPS) is 17.0. The van der Waals surface area contributed by atoms with Crippen LogP contribution in [0.1, 0.15) is 18.4 Å². The van der Waals surface area contributed by atoms with Crippen LogP contribution >= 0.6 is 0 Å². The Hall–Kier alpha value is -2.50. The molecule has 5 heteroatoms. The van der Waals surface area contributed by atoms with Gasteiger partial charge in [-0.3, -0.25) is 4.98 Å². The van der Waals surface area contributed by atoms with E-state index in [1.54, 1.807) is 12.4 Å². The highest BCUT2D eigenvalue weighted by Crippen LogP contribution is 2.23. The molecule has 1 atom stereocenters. The minimum Gasteiger partial charge on any atom is -0.377 e. The summed E-state index contributed by atoms with van der Waals surface area (Å²) in [5, 5.41) is 8.34. The first kappa shape index (κ1) is 16.0. The molecule has 3 heterocycles. The van der Waals surface area contributed by atoms with E-state index >= 15 is 0 Å². The maximum Gasteiger partial charge on any atom is 0.0973 e. The highest BCUT2D eigenvalue weighted by Gasteiger charge is 2.16. The Morgan fingerprint density at radius 2 is 1.96 bits per heavy atom. The van der Waals surface area contributed by atoms with Gasteiger partial charge in [-0.25, -0.2) is 4.68 Å². The molecule has 4 rings (SSSR count). The zero-order chi connectivity index (χ0) is 16.9. The van der Waals surface area contributed by atoms with Gasteiger partial charge in [-0.1, -0.05) is 18.2 Å². The summed E-state index contributed by atoms with van der Waals surface area (Å²) in [7, 11) is 0. The Morgan fingerprint density at radius 1 is 1.12 bits per heavy atom. The van der Waals surface area contributed by atoms with Gasteiger partial charge in [0, 0.05) is 49.4 Å². The largest absolute Gasteiger partial charge is 0.377 e. The maximum absolute atomic E-state index is 5.69. The number of para-hydroxylation sites is 1. The molecule has 0 unspecified atom stereocenters. The number of hydrogen-bond acceptors (Lipinski definition) is 4. The highest BCUT2D eigenvalue weighted by molar-refractivity contribution is 5.62. The van der Waals surface area contributed by atoms with Crippen molar-refractivity contribution in [2.75, 3.05) is 13.2 Å². The SMILES string of the molecule is c1ccc(-n2cc(CNC[C@@H]3CCCO3)c(-c3ccncc3)n2)cc1. The fourth-order valence-electron chi connectivity index (χ4n) is 3.18. The van der Waals surface area contributed by atoms with Crippen LogP contribution in [0.5, 0.6) is 0 Å². The number of nitrogens with one attached hydrogen (secondary N) is 1. The second kappa shape index (κ2) is 7.59. The molecule has 1 aliphatic heterocycles. The smallest absolute Gasteiger partial charge is 0.0973 e. The molecule has 1 aromatic carbocycles. The summed E-state index contributed by atoms with van der Waals surface area (Å²) in [6.07, 6.45) is 8.37. The predicted molar refractivity (Wildman–Crippen MR) is 97.5 cm³/mol. The number of hydrogen-bond donors (Lipinski definition) is 1. The van der Waals surface area contributed by atoms with E-state index in [0.29, 0.717) is 6.10 Å². The van der Waals surface area contributed by atoms with Crippen molar-refractivity contribution in [1.29, 1.82) is 0 Å². The van der Waals surface area contributed by atoms with Crippen molar-refractivity contribution in [3.05, 3.63) is 66.6 Å². The first-order chi connectivity index (χ1) is 12.4. The number of benzene rings is 1. The van der Waals surface area contributed by atoms with E-state index in [4.69, 9.17) is 9.84 Å². The Morgan fingerprint density at radius 3 is 2.72 bits per heavy atom. The number of ether oxygens (including phenoxy) is 1. The Bertz CT molecular complexity index is 795. The van der Waals surface area contributed by atoms with Crippen molar-refractivity contribution in [1.82, 2.24) is 20.1 Å². The van der Waals surface area contributed by atoms with E-state index in [-0.39, 0.29) is 0 Å². The lowest BCUT2D eigenvalue weighted by atomic mass is 10.1. The number of aromatic nitrogens is 3. The van der Waals surface area contributed by atoms with Crippen molar-refractivity contribution < 1.29 is 4.74 Å². The molecule has 25 heavy (non-hydrogen) atoms. The van der Waals surface area contributed by atoms with Crippen LogP contribution in [-0.4, -0.2) is 34.0 Å². The van der Waals surface area contributed by atoms with Gasteiger partial charge in [-0.2, -0.15) is 5.10 Å². The Balaban J connectivity index is 1.58. The molecule has 5 nitrogen and oxygen atoms in total. The van der Waals surface area contributed by atoms with Crippen molar-refractivity contribution in [2.45, 2.75) is 25.5 Å². The second-order valence-corrected chi connectivity index (χ2v) is 6.28. The third-order valence-corrected chi connectivity index (χ3v) is 4.48. The van der Waals surface area contributed by atoms with Crippen LogP contribution in [-0.2, 0) is 11.3 Å². The van der Waals surface area contributed by atoms with E-state index in [9.17, 15) is 0 Å². The standard InChI is InChI=1S/C20H22N4O/c1-2-5-18(6-3-1)24-15-17(13-22-14-19-7-4-12-25-19)20(23-24)16-8-10-21-11-9-16/h1-3,5-6,8-11,15,19,22H,4,7,12-14H2/t19-/m0/s1. The maximum atomic E-state index is 5.69. The Kier molecular flexibility index (Phi) is 4.86. The quantitative estimate of drug-likeness (QED) is 0.752. The molecular formula is C20H22N4O. The Labute approximate surface area is 147 Å². The van der Waals surface area contributed by atoms with E-state index in [1.165, 1.54) is 12.0 Å². The van der Waals surface area contributed by atoms with Crippen molar-refractivity contribution in [3.8, 4) is 16.9 Å². The fourth-order valence-corrected chi connectivity index (χ4v) is 3.18. The average Bonchev–Trinajstić information content (AvgIpc) is 3.33. The lowest BCUT2D eigenvalue weighted by molar-refractivity contribution is 0.110. The van der Waals surface area contributed by atoms with Crippen LogP contribution in [0.2, 0.25) is 0 Å². The molecule has 3 aromatic rings. The molecule has 0 radical (unpaired) electrons. The molecule has 1 fully saturated rings. The summed E-state index contributed by atoms with van der Waals surface area (Å²) in [6, 6.07) is 14.2. The van der Waals surface area contributed by atoms with Gasteiger partial charge in [-0.15, -0.1) is 0 Å². The minimum absolute atomic E-state index is 0.341. The topological polar surface area (TPSA) is 52.0 Å². The molecular weight excluding hydrogens is 312 g/mol. The summed E-state index contributed by atoms with van der Waals surface area (Å²) in [5.41, 5.74) is 4.31. The highest BCUT2D eigenvalue weighted by atomic mass is 16.5. The van der Waals surface area contributed by atoms with Crippen LogP contribution in [0.25, 0.3) is 16.9 Å². The van der Waals surface area contributed by atoms with Gasteiger partial charge in [0.15, 0.2) is 0 Å². The van der Waals surface area contributed by atoms with Gasteiger partial charge in [0.1, 0.15) is 0 Å². The van der Waals surface area contributed by atoms with Crippen LogP contribution < -0.4 is 5.32 Å². The molecule has 0 aliphatic carbocycles. The van der Waals surface area contributed by atoms with Crippen LogP contribution in [0.4, 0.5) is 0 Å². The second-order valence-electron chi connectivity index (χ2n) is 6.28. The molecule has 2 aromatic heterocycles. The first-order valence-electron chi connectivity index (χ1n) is 8.77. The van der Waals surface area contributed by atoms with Gasteiger partial charge in [-0.05, 0) is 37.1 Å². The minimum atomic E-state index is 0.341.